The Hall–Kier alpha value is -1.67. The van der Waals surface area contributed by atoms with E-state index in [1.54, 1.807) is 12.1 Å². The Morgan fingerprint density at radius 1 is 1.06 bits per heavy atom. The van der Waals surface area contributed by atoms with Crippen molar-refractivity contribution < 1.29 is 13.2 Å². The normalized spacial score (nSPS) is 21.1. The van der Waals surface area contributed by atoms with Crippen LogP contribution < -0.4 is 10.2 Å². The summed E-state index contributed by atoms with van der Waals surface area (Å²) in [7, 11) is -3.60. The number of nitrogens with zero attached hydrogens (tertiary/aromatic N) is 3. The number of hydrogen-bond donors (Lipinski definition) is 1. The predicted octanol–water partition coefficient (Wildman–Crippen LogP) is 3.55. The SMILES string of the molecule is CC(C)N(C(C)C)S(=O)(=O)c1ccc(N2CCCC(C(=O)NC3CCCCC3)C2)nc1. The third-order valence-corrected chi connectivity index (χ3v) is 8.62. The first-order valence-electron chi connectivity index (χ1n) is 11.7. The number of anilines is 1. The van der Waals surface area contributed by atoms with E-state index in [1.807, 2.05) is 27.7 Å². The molecule has 0 radical (unpaired) electrons. The maximum atomic E-state index is 13.1. The van der Waals surface area contributed by atoms with E-state index in [1.165, 1.54) is 29.8 Å². The number of pyridine rings is 1. The Morgan fingerprint density at radius 3 is 2.32 bits per heavy atom. The van der Waals surface area contributed by atoms with Gasteiger partial charge in [-0.3, -0.25) is 4.79 Å². The first-order chi connectivity index (χ1) is 14.7. The van der Waals surface area contributed by atoms with Crippen molar-refractivity contribution in [2.75, 3.05) is 18.0 Å². The molecule has 1 aliphatic heterocycles. The van der Waals surface area contributed by atoms with Crippen LogP contribution in [0.1, 0.15) is 72.6 Å². The molecule has 1 aromatic rings. The second-order valence-electron chi connectivity index (χ2n) is 9.50. The van der Waals surface area contributed by atoms with Crippen molar-refractivity contribution in [3.63, 3.8) is 0 Å². The Bertz CT molecular complexity index is 825. The Morgan fingerprint density at radius 2 is 1.74 bits per heavy atom. The molecule has 3 rings (SSSR count). The molecule has 1 atom stereocenters. The molecule has 1 aliphatic carbocycles. The van der Waals surface area contributed by atoms with Gasteiger partial charge in [-0.15, -0.1) is 0 Å². The summed E-state index contributed by atoms with van der Waals surface area (Å²) in [6, 6.07) is 3.48. The van der Waals surface area contributed by atoms with E-state index in [2.05, 4.69) is 15.2 Å². The summed E-state index contributed by atoms with van der Waals surface area (Å²) in [4.78, 5) is 19.6. The number of piperidine rings is 1. The van der Waals surface area contributed by atoms with E-state index in [9.17, 15) is 13.2 Å². The number of nitrogens with one attached hydrogen (secondary N) is 1. The van der Waals surface area contributed by atoms with Crippen molar-refractivity contribution in [2.45, 2.75) is 95.7 Å². The minimum atomic E-state index is -3.60. The lowest BCUT2D eigenvalue weighted by Gasteiger charge is -2.34. The van der Waals surface area contributed by atoms with E-state index in [4.69, 9.17) is 0 Å². The predicted molar refractivity (Wildman–Crippen MR) is 123 cm³/mol. The summed E-state index contributed by atoms with van der Waals surface area (Å²) in [5.74, 6) is 0.841. The zero-order valence-corrected chi connectivity index (χ0v) is 20.2. The lowest BCUT2D eigenvalue weighted by Crippen LogP contribution is -2.46. The molecule has 7 nitrogen and oxygen atoms in total. The van der Waals surface area contributed by atoms with Crippen LogP contribution in [0.25, 0.3) is 0 Å². The smallest absolute Gasteiger partial charge is 0.245 e. The number of carbonyl (C=O) groups is 1. The quantitative estimate of drug-likeness (QED) is 0.687. The number of hydrogen-bond acceptors (Lipinski definition) is 5. The van der Waals surface area contributed by atoms with Gasteiger partial charge in [0.25, 0.3) is 0 Å². The van der Waals surface area contributed by atoms with Gasteiger partial charge in [0.1, 0.15) is 10.7 Å². The van der Waals surface area contributed by atoms with Crippen LogP contribution in [0.15, 0.2) is 23.2 Å². The van der Waals surface area contributed by atoms with Crippen molar-refractivity contribution in [2.24, 2.45) is 5.92 Å². The van der Waals surface area contributed by atoms with Crippen molar-refractivity contribution in [1.29, 1.82) is 0 Å². The zero-order valence-electron chi connectivity index (χ0n) is 19.4. The van der Waals surface area contributed by atoms with Crippen LogP contribution in [0.3, 0.4) is 0 Å². The van der Waals surface area contributed by atoms with Gasteiger partial charge >= 0.3 is 0 Å². The highest BCUT2D eigenvalue weighted by atomic mass is 32.2. The molecule has 0 aromatic carbocycles. The van der Waals surface area contributed by atoms with Crippen LogP contribution in [0.4, 0.5) is 5.82 Å². The van der Waals surface area contributed by atoms with Gasteiger partial charge in [-0.25, -0.2) is 13.4 Å². The van der Waals surface area contributed by atoms with Crippen LogP contribution >= 0.6 is 0 Å². The molecule has 2 fully saturated rings. The minimum Gasteiger partial charge on any atom is -0.356 e. The van der Waals surface area contributed by atoms with Gasteiger partial charge in [-0.2, -0.15) is 4.31 Å². The highest BCUT2D eigenvalue weighted by Crippen LogP contribution is 2.26. The van der Waals surface area contributed by atoms with E-state index >= 15 is 0 Å². The van der Waals surface area contributed by atoms with Crippen LogP contribution in [0, 0.1) is 5.92 Å². The summed E-state index contributed by atoms with van der Waals surface area (Å²) in [6.45, 7) is 8.98. The molecule has 8 heteroatoms. The highest BCUT2D eigenvalue weighted by Gasteiger charge is 2.31. The molecule has 1 amide bonds. The Labute approximate surface area is 187 Å². The molecular weight excluding hydrogens is 412 g/mol. The van der Waals surface area contributed by atoms with Crippen molar-refractivity contribution in [1.82, 2.24) is 14.6 Å². The number of aromatic nitrogens is 1. The first-order valence-corrected chi connectivity index (χ1v) is 13.2. The molecule has 1 saturated carbocycles. The second-order valence-corrected chi connectivity index (χ2v) is 11.3. The van der Waals surface area contributed by atoms with E-state index in [-0.39, 0.29) is 28.8 Å². The Kier molecular flexibility index (Phi) is 7.97. The molecule has 2 aliphatic rings. The van der Waals surface area contributed by atoms with Crippen molar-refractivity contribution >= 4 is 21.7 Å². The maximum absolute atomic E-state index is 13.1. The van der Waals surface area contributed by atoms with Crippen LogP contribution in [0.5, 0.6) is 0 Å². The third kappa shape index (κ3) is 5.77. The van der Waals surface area contributed by atoms with Gasteiger partial charge in [0.15, 0.2) is 0 Å². The lowest BCUT2D eigenvalue weighted by atomic mass is 9.93. The summed E-state index contributed by atoms with van der Waals surface area (Å²) in [6.07, 6.45) is 9.12. The van der Waals surface area contributed by atoms with Crippen molar-refractivity contribution in [3.8, 4) is 0 Å². The monoisotopic (exact) mass is 450 g/mol. The fraction of sp³-hybridized carbons (Fsp3) is 0.739. The van der Waals surface area contributed by atoms with E-state index in [0.717, 1.165) is 38.0 Å². The van der Waals surface area contributed by atoms with Crippen LogP contribution in [0.2, 0.25) is 0 Å². The molecular formula is C23H38N4O3S. The van der Waals surface area contributed by atoms with Gasteiger partial charge in [-0.05, 0) is 65.5 Å². The van der Waals surface area contributed by atoms with E-state index in [0.29, 0.717) is 12.6 Å². The van der Waals surface area contributed by atoms with Gasteiger partial charge < -0.3 is 10.2 Å². The average Bonchev–Trinajstić information content (AvgIpc) is 2.74. The van der Waals surface area contributed by atoms with Gasteiger partial charge in [0.05, 0.1) is 5.92 Å². The maximum Gasteiger partial charge on any atom is 0.245 e. The van der Waals surface area contributed by atoms with E-state index < -0.39 is 10.0 Å². The largest absolute Gasteiger partial charge is 0.356 e. The lowest BCUT2D eigenvalue weighted by molar-refractivity contribution is -0.126. The summed E-state index contributed by atoms with van der Waals surface area (Å²) in [5.41, 5.74) is 0. The topological polar surface area (TPSA) is 82.6 Å². The Balaban J connectivity index is 1.67. The molecule has 1 N–H and O–H groups in total. The molecule has 2 heterocycles. The standard InChI is InChI=1S/C23H38N4O3S/c1-17(2)27(18(3)4)31(29,30)21-12-13-22(24-15-21)26-14-8-9-19(16-26)23(28)25-20-10-6-5-7-11-20/h12-13,15,17-20H,5-11,14,16H2,1-4H3,(H,25,28). The van der Waals surface area contributed by atoms with Crippen LogP contribution in [-0.2, 0) is 14.8 Å². The molecule has 1 aromatic heterocycles. The van der Waals surface area contributed by atoms with Crippen LogP contribution in [-0.4, -0.2) is 54.8 Å². The molecule has 174 valence electrons. The molecule has 0 spiro atoms. The number of sulfonamides is 1. The average molecular weight is 451 g/mol. The summed E-state index contributed by atoms with van der Waals surface area (Å²) < 4.78 is 27.6. The fourth-order valence-electron chi connectivity index (χ4n) is 4.95. The molecule has 1 unspecified atom stereocenters. The number of rotatable bonds is 7. The second kappa shape index (κ2) is 10.3. The number of amides is 1. The highest BCUT2D eigenvalue weighted by molar-refractivity contribution is 7.89. The minimum absolute atomic E-state index is 0.0433. The van der Waals surface area contributed by atoms with Gasteiger partial charge in [-0.1, -0.05) is 19.3 Å². The first kappa shape index (κ1) is 24.0. The van der Waals surface area contributed by atoms with Gasteiger partial charge in [0.2, 0.25) is 15.9 Å². The molecule has 0 bridgehead atoms. The molecule has 31 heavy (non-hydrogen) atoms. The molecule has 1 saturated heterocycles. The third-order valence-electron chi connectivity index (χ3n) is 6.38. The zero-order chi connectivity index (χ0) is 22.6. The fourth-order valence-corrected chi connectivity index (χ4v) is 6.73. The van der Waals surface area contributed by atoms with Gasteiger partial charge in [0, 0.05) is 37.4 Å². The van der Waals surface area contributed by atoms with Crippen molar-refractivity contribution in [3.05, 3.63) is 18.3 Å². The summed E-state index contributed by atoms with van der Waals surface area (Å²) >= 11 is 0. The number of carbonyl (C=O) groups excluding carboxylic acids is 1. The summed E-state index contributed by atoms with van der Waals surface area (Å²) in [5, 5.41) is 3.25.